The van der Waals surface area contributed by atoms with Gasteiger partial charge in [-0.3, -0.25) is 4.79 Å². The summed E-state index contributed by atoms with van der Waals surface area (Å²) in [4.78, 5) is 29.3. The standard InChI is InChI=1S/C16H22N8O/c25-15(10-19-13-2-3-14-20-12-21-24(14)11-13)22-6-8-23(9-7-22)16-17-4-1-5-18-16/h1,4-5,12-13,19H,2-3,6-11H2/t13-/m1/s1. The zero-order valence-electron chi connectivity index (χ0n) is 14.1. The van der Waals surface area contributed by atoms with Gasteiger partial charge < -0.3 is 15.1 Å². The molecule has 1 amide bonds. The summed E-state index contributed by atoms with van der Waals surface area (Å²) < 4.78 is 1.92. The molecular formula is C16H22N8O. The predicted octanol–water partition coefficient (Wildman–Crippen LogP) is -0.679. The fraction of sp³-hybridized carbons (Fsp3) is 0.562. The van der Waals surface area contributed by atoms with E-state index in [0.717, 1.165) is 44.2 Å². The second-order valence-corrected chi connectivity index (χ2v) is 6.39. The highest BCUT2D eigenvalue weighted by Crippen LogP contribution is 2.12. The van der Waals surface area contributed by atoms with E-state index < -0.39 is 0 Å². The van der Waals surface area contributed by atoms with Crippen LogP contribution < -0.4 is 10.2 Å². The molecule has 0 bridgehead atoms. The Morgan fingerprint density at radius 3 is 2.76 bits per heavy atom. The second kappa shape index (κ2) is 7.14. The maximum atomic E-state index is 12.5. The van der Waals surface area contributed by atoms with E-state index in [1.807, 2.05) is 15.6 Å². The Balaban J connectivity index is 1.23. The summed E-state index contributed by atoms with van der Waals surface area (Å²) in [6.07, 6.45) is 6.98. The zero-order chi connectivity index (χ0) is 17.1. The summed E-state index contributed by atoms with van der Waals surface area (Å²) >= 11 is 0. The number of aryl methyl sites for hydroxylation is 1. The summed E-state index contributed by atoms with van der Waals surface area (Å²) in [5.74, 6) is 1.92. The van der Waals surface area contributed by atoms with Crippen LogP contribution in [0, 0.1) is 0 Å². The molecule has 0 spiro atoms. The lowest BCUT2D eigenvalue weighted by Gasteiger charge is -2.35. The molecule has 1 saturated heterocycles. The molecule has 0 saturated carbocycles. The quantitative estimate of drug-likeness (QED) is 0.787. The summed E-state index contributed by atoms with van der Waals surface area (Å²) in [7, 11) is 0. The Bertz CT molecular complexity index is 710. The maximum absolute atomic E-state index is 12.5. The first-order chi connectivity index (χ1) is 12.3. The molecule has 4 heterocycles. The number of hydrogen-bond donors (Lipinski definition) is 1. The molecule has 1 fully saturated rings. The summed E-state index contributed by atoms with van der Waals surface area (Å²) in [6, 6.07) is 2.08. The molecule has 25 heavy (non-hydrogen) atoms. The largest absolute Gasteiger partial charge is 0.338 e. The summed E-state index contributed by atoms with van der Waals surface area (Å²) in [6.45, 7) is 4.09. The lowest BCUT2D eigenvalue weighted by molar-refractivity contribution is -0.130. The highest BCUT2D eigenvalue weighted by molar-refractivity contribution is 5.78. The second-order valence-electron chi connectivity index (χ2n) is 6.39. The molecule has 0 radical (unpaired) electrons. The van der Waals surface area contributed by atoms with Crippen molar-refractivity contribution >= 4 is 11.9 Å². The van der Waals surface area contributed by atoms with E-state index in [1.54, 1.807) is 18.7 Å². The van der Waals surface area contributed by atoms with Crippen molar-refractivity contribution < 1.29 is 4.79 Å². The minimum Gasteiger partial charge on any atom is -0.338 e. The van der Waals surface area contributed by atoms with Gasteiger partial charge in [0.2, 0.25) is 11.9 Å². The van der Waals surface area contributed by atoms with Crippen LogP contribution in [0.3, 0.4) is 0 Å². The lowest BCUT2D eigenvalue weighted by Crippen LogP contribution is -2.52. The molecule has 4 rings (SSSR count). The van der Waals surface area contributed by atoms with Crippen LogP contribution in [-0.4, -0.2) is 74.3 Å². The van der Waals surface area contributed by atoms with Crippen LogP contribution in [-0.2, 0) is 17.8 Å². The third-order valence-corrected chi connectivity index (χ3v) is 4.81. The number of carbonyl (C=O) groups excluding carboxylic acids is 1. The van der Waals surface area contributed by atoms with E-state index in [-0.39, 0.29) is 11.9 Å². The first kappa shape index (κ1) is 15.9. The van der Waals surface area contributed by atoms with Gasteiger partial charge in [0.15, 0.2) is 0 Å². The molecular weight excluding hydrogens is 320 g/mol. The Labute approximate surface area is 146 Å². The maximum Gasteiger partial charge on any atom is 0.236 e. The number of rotatable bonds is 4. The number of nitrogens with one attached hydrogen (secondary N) is 1. The number of piperazine rings is 1. The van der Waals surface area contributed by atoms with Gasteiger partial charge in [-0.05, 0) is 12.5 Å². The van der Waals surface area contributed by atoms with Gasteiger partial charge in [0.25, 0.3) is 0 Å². The lowest BCUT2D eigenvalue weighted by atomic mass is 10.1. The number of hydrogen-bond acceptors (Lipinski definition) is 7. The minimum absolute atomic E-state index is 0.151. The molecule has 0 unspecified atom stereocenters. The Morgan fingerprint density at radius 2 is 1.96 bits per heavy atom. The van der Waals surface area contributed by atoms with Crippen LogP contribution in [0.4, 0.5) is 5.95 Å². The molecule has 0 aromatic carbocycles. The molecule has 1 atom stereocenters. The van der Waals surface area contributed by atoms with Crippen molar-refractivity contribution in [3.05, 3.63) is 30.6 Å². The number of aromatic nitrogens is 5. The van der Waals surface area contributed by atoms with Crippen LogP contribution in [0.5, 0.6) is 0 Å². The molecule has 2 aliphatic heterocycles. The van der Waals surface area contributed by atoms with E-state index >= 15 is 0 Å². The predicted molar refractivity (Wildman–Crippen MR) is 91.0 cm³/mol. The third-order valence-electron chi connectivity index (χ3n) is 4.81. The number of amides is 1. The third kappa shape index (κ3) is 3.60. The zero-order valence-corrected chi connectivity index (χ0v) is 14.1. The van der Waals surface area contributed by atoms with Gasteiger partial charge in [0, 0.05) is 51.0 Å². The number of fused-ring (bicyclic) bond motifs is 1. The number of carbonyl (C=O) groups is 1. The highest BCUT2D eigenvalue weighted by atomic mass is 16.2. The van der Waals surface area contributed by atoms with Crippen molar-refractivity contribution in [2.45, 2.75) is 25.4 Å². The van der Waals surface area contributed by atoms with Crippen molar-refractivity contribution in [3.8, 4) is 0 Å². The number of anilines is 1. The van der Waals surface area contributed by atoms with E-state index in [9.17, 15) is 4.79 Å². The van der Waals surface area contributed by atoms with Crippen LogP contribution in [0.25, 0.3) is 0 Å². The fourth-order valence-corrected chi connectivity index (χ4v) is 3.36. The molecule has 132 valence electrons. The summed E-state index contributed by atoms with van der Waals surface area (Å²) in [5.41, 5.74) is 0. The van der Waals surface area contributed by atoms with Crippen LogP contribution in [0.1, 0.15) is 12.2 Å². The Kier molecular flexibility index (Phi) is 4.55. The normalized spacial score (nSPS) is 20.4. The molecule has 2 aromatic heterocycles. The topological polar surface area (TPSA) is 92.1 Å². The van der Waals surface area contributed by atoms with Gasteiger partial charge in [0.1, 0.15) is 12.2 Å². The van der Waals surface area contributed by atoms with Gasteiger partial charge >= 0.3 is 0 Å². The first-order valence-corrected chi connectivity index (χ1v) is 8.69. The van der Waals surface area contributed by atoms with E-state index in [0.29, 0.717) is 19.6 Å². The minimum atomic E-state index is 0.151. The summed E-state index contributed by atoms with van der Waals surface area (Å²) in [5, 5.41) is 7.59. The van der Waals surface area contributed by atoms with Gasteiger partial charge in [-0.15, -0.1) is 0 Å². The Hall–Kier alpha value is -2.55. The average molecular weight is 342 g/mol. The van der Waals surface area contributed by atoms with E-state index in [1.165, 1.54) is 0 Å². The van der Waals surface area contributed by atoms with Crippen molar-refractivity contribution in [2.75, 3.05) is 37.6 Å². The fourth-order valence-electron chi connectivity index (χ4n) is 3.36. The molecule has 9 heteroatoms. The average Bonchev–Trinajstić information content (AvgIpc) is 3.15. The van der Waals surface area contributed by atoms with Gasteiger partial charge in [-0.2, -0.15) is 5.10 Å². The molecule has 1 N–H and O–H groups in total. The first-order valence-electron chi connectivity index (χ1n) is 8.69. The molecule has 2 aromatic rings. The van der Waals surface area contributed by atoms with Crippen molar-refractivity contribution in [1.82, 2.24) is 34.9 Å². The van der Waals surface area contributed by atoms with Crippen LogP contribution in [0.15, 0.2) is 24.8 Å². The van der Waals surface area contributed by atoms with Gasteiger partial charge in [-0.1, -0.05) is 0 Å². The molecule has 9 nitrogen and oxygen atoms in total. The number of nitrogens with zero attached hydrogens (tertiary/aromatic N) is 7. The van der Waals surface area contributed by atoms with E-state index in [2.05, 4.69) is 30.3 Å². The molecule has 0 aliphatic carbocycles. The van der Waals surface area contributed by atoms with Crippen LogP contribution in [0.2, 0.25) is 0 Å². The highest BCUT2D eigenvalue weighted by Gasteiger charge is 2.24. The van der Waals surface area contributed by atoms with Crippen LogP contribution >= 0.6 is 0 Å². The smallest absolute Gasteiger partial charge is 0.236 e. The monoisotopic (exact) mass is 342 g/mol. The molecule has 2 aliphatic rings. The van der Waals surface area contributed by atoms with Crippen molar-refractivity contribution in [3.63, 3.8) is 0 Å². The van der Waals surface area contributed by atoms with Gasteiger partial charge in [0.05, 0.1) is 13.1 Å². The van der Waals surface area contributed by atoms with Gasteiger partial charge in [-0.25, -0.2) is 19.6 Å². The SMILES string of the molecule is O=C(CN[C@@H]1CCc2ncnn2C1)N1CCN(c2ncccn2)CC1. The Morgan fingerprint density at radius 1 is 1.16 bits per heavy atom. The van der Waals surface area contributed by atoms with E-state index in [4.69, 9.17) is 0 Å². The van der Waals surface area contributed by atoms with Crippen molar-refractivity contribution in [2.24, 2.45) is 0 Å². The van der Waals surface area contributed by atoms with Crippen molar-refractivity contribution in [1.29, 1.82) is 0 Å².